The SMILES string of the molecule is COc1ccc(-c2csc(NC(=O)c3cc4ccccc4n3C)n2)cc1. The number of carbonyl (C=O) groups excluding carboxylic acids is 1. The molecule has 2 heterocycles. The molecule has 4 aromatic rings. The number of para-hydroxylation sites is 1. The Morgan fingerprint density at radius 3 is 2.65 bits per heavy atom. The molecule has 5 nitrogen and oxygen atoms in total. The van der Waals surface area contributed by atoms with Gasteiger partial charge in [-0.05, 0) is 36.4 Å². The predicted octanol–water partition coefficient (Wildman–Crippen LogP) is 4.56. The smallest absolute Gasteiger partial charge is 0.274 e. The van der Waals surface area contributed by atoms with E-state index in [1.807, 2.05) is 71.6 Å². The Morgan fingerprint density at radius 1 is 1.15 bits per heavy atom. The lowest BCUT2D eigenvalue weighted by atomic mass is 10.2. The largest absolute Gasteiger partial charge is 0.497 e. The highest BCUT2D eigenvalue weighted by molar-refractivity contribution is 7.14. The fourth-order valence-corrected chi connectivity index (χ4v) is 3.61. The van der Waals surface area contributed by atoms with E-state index in [-0.39, 0.29) is 5.91 Å². The van der Waals surface area contributed by atoms with Crippen LogP contribution in [0.15, 0.2) is 60.0 Å². The fourth-order valence-electron chi connectivity index (χ4n) is 2.89. The maximum Gasteiger partial charge on any atom is 0.274 e. The standard InChI is InChI=1S/C20H17N3O2S/c1-23-17-6-4-3-5-14(17)11-18(23)19(24)22-20-21-16(12-26-20)13-7-9-15(25-2)10-8-13/h3-12H,1-2H3,(H,21,22,24). The highest BCUT2D eigenvalue weighted by atomic mass is 32.1. The third-order valence-electron chi connectivity index (χ3n) is 4.29. The minimum Gasteiger partial charge on any atom is -0.497 e. The van der Waals surface area contributed by atoms with E-state index in [9.17, 15) is 4.79 Å². The average Bonchev–Trinajstić information content (AvgIpc) is 3.27. The number of rotatable bonds is 4. The van der Waals surface area contributed by atoms with E-state index >= 15 is 0 Å². The van der Waals surface area contributed by atoms with Gasteiger partial charge < -0.3 is 9.30 Å². The van der Waals surface area contributed by atoms with Crippen LogP contribution in [-0.4, -0.2) is 22.6 Å². The summed E-state index contributed by atoms with van der Waals surface area (Å²) < 4.78 is 7.06. The van der Waals surface area contributed by atoms with Gasteiger partial charge in [0.2, 0.25) is 0 Å². The second kappa shape index (κ2) is 6.65. The van der Waals surface area contributed by atoms with Crippen molar-refractivity contribution in [3.63, 3.8) is 0 Å². The summed E-state index contributed by atoms with van der Waals surface area (Å²) in [4.78, 5) is 17.2. The molecule has 0 aliphatic carbocycles. The van der Waals surface area contributed by atoms with Crippen molar-refractivity contribution in [2.45, 2.75) is 0 Å². The van der Waals surface area contributed by atoms with Crippen LogP contribution in [0.5, 0.6) is 5.75 Å². The first-order valence-electron chi connectivity index (χ1n) is 8.11. The van der Waals surface area contributed by atoms with Gasteiger partial charge in [0.1, 0.15) is 11.4 Å². The first kappa shape index (κ1) is 16.4. The van der Waals surface area contributed by atoms with Crippen molar-refractivity contribution in [3.8, 4) is 17.0 Å². The maximum absolute atomic E-state index is 12.7. The summed E-state index contributed by atoms with van der Waals surface area (Å²) in [6.07, 6.45) is 0. The molecule has 1 N–H and O–H groups in total. The maximum atomic E-state index is 12.7. The normalized spacial score (nSPS) is 10.8. The van der Waals surface area contributed by atoms with Crippen LogP contribution < -0.4 is 10.1 Å². The van der Waals surface area contributed by atoms with E-state index in [4.69, 9.17) is 4.74 Å². The molecule has 26 heavy (non-hydrogen) atoms. The van der Waals surface area contributed by atoms with Crippen LogP contribution in [-0.2, 0) is 7.05 Å². The summed E-state index contributed by atoms with van der Waals surface area (Å²) in [7, 11) is 3.53. The van der Waals surface area contributed by atoms with Crippen molar-refractivity contribution in [2.24, 2.45) is 7.05 Å². The van der Waals surface area contributed by atoms with E-state index in [0.29, 0.717) is 10.8 Å². The van der Waals surface area contributed by atoms with Crippen LogP contribution in [0.25, 0.3) is 22.2 Å². The number of benzene rings is 2. The zero-order valence-corrected chi connectivity index (χ0v) is 15.2. The second-order valence-corrected chi connectivity index (χ2v) is 6.73. The Morgan fingerprint density at radius 2 is 1.92 bits per heavy atom. The van der Waals surface area contributed by atoms with Crippen LogP contribution in [0.3, 0.4) is 0 Å². The number of nitrogens with one attached hydrogen (secondary N) is 1. The minimum atomic E-state index is -0.167. The Kier molecular flexibility index (Phi) is 4.18. The molecule has 0 bridgehead atoms. The molecule has 0 aliphatic heterocycles. The minimum absolute atomic E-state index is 0.167. The Labute approximate surface area is 154 Å². The van der Waals surface area contributed by atoms with E-state index in [1.165, 1.54) is 11.3 Å². The van der Waals surface area contributed by atoms with Crippen LogP contribution in [0.2, 0.25) is 0 Å². The van der Waals surface area contributed by atoms with E-state index in [2.05, 4.69) is 10.3 Å². The lowest BCUT2D eigenvalue weighted by Gasteiger charge is -2.04. The Bertz CT molecular complexity index is 1080. The molecule has 0 saturated carbocycles. The fraction of sp³-hybridized carbons (Fsp3) is 0.100. The number of thiazole rings is 1. The molecule has 0 saturated heterocycles. The molecule has 130 valence electrons. The van der Waals surface area contributed by atoms with Gasteiger partial charge in [-0.2, -0.15) is 0 Å². The van der Waals surface area contributed by atoms with E-state index < -0.39 is 0 Å². The first-order valence-corrected chi connectivity index (χ1v) is 8.99. The number of ether oxygens (including phenoxy) is 1. The van der Waals surface area contributed by atoms with E-state index in [0.717, 1.165) is 27.9 Å². The quantitative estimate of drug-likeness (QED) is 0.578. The van der Waals surface area contributed by atoms with Gasteiger partial charge in [-0.15, -0.1) is 11.3 Å². The highest BCUT2D eigenvalue weighted by Gasteiger charge is 2.15. The number of fused-ring (bicyclic) bond motifs is 1. The van der Waals surface area contributed by atoms with E-state index in [1.54, 1.807) is 7.11 Å². The van der Waals surface area contributed by atoms with Gasteiger partial charge in [-0.25, -0.2) is 4.98 Å². The lowest BCUT2D eigenvalue weighted by Crippen LogP contribution is -2.15. The topological polar surface area (TPSA) is 56.1 Å². The summed E-state index contributed by atoms with van der Waals surface area (Å²) in [6, 6.07) is 17.5. The van der Waals surface area contributed by atoms with Crippen LogP contribution in [0.1, 0.15) is 10.5 Å². The van der Waals surface area contributed by atoms with Gasteiger partial charge in [0.05, 0.1) is 12.8 Å². The number of hydrogen-bond acceptors (Lipinski definition) is 4. The molecular weight excluding hydrogens is 346 g/mol. The van der Waals surface area contributed by atoms with Crippen LogP contribution in [0, 0.1) is 0 Å². The van der Waals surface area contributed by atoms with Gasteiger partial charge in [-0.1, -0.05) is 18.2 Å². The number of anilines is 1. The van der Waals surface area contributed by atoms with Crippen molar-refractivity contribution in [3.05, 3.63) is 65.7 Å². The first-order chi connectivity index (χ1) is 12.7. The summed E-state index contributed by atoms with van der Waals surface area (Å²) in [5.41, 5.74) is 3.43. The zero-order chi connectivity index (χ0) is 18.1. The molecular formula is C20H17N3O2S. The second-order valence-electron chi connectivity index (χ2n) is 5.87. The average molecular weight is 363 g/mol. The third-order valence-corrected chi connectivity index (χ3v) is 5.05. The van der Waals surface area contributed by atoms with Crippen molar-refractivity contribution in [1.29, 1.82) is 0 Å². The summed E-state index contributed by atoms with van der Waals surface area (Å²) in [5.74, 6) is 0.632. The molecule has 0 fully saturated rings. The number of hydrogen-bond donors (Lipinski definition) is 1. The van der Waals surface area contributed by atoms with Gasteiger partial charge >= 0.3 is 0 Å². The number of aryl methyl sites for hydroxylation is 1. The summed E-state index contributed by atoms with van der Waals surface area (Å²) in [6.45, 7) is 0. The van der Waals surface area contributed by atoms with Crippen LogP contribution in [0.4, 0.5) is 5.13 Å². The Balaban J connectivity index is 1.56. The molecule has 0 unspecified atom stereocenters. The molecule has 2 aromatic heterocycles. The number of nitrogens with zero attached hydrogens (tertiary/aromatic N) is 2. The van der Waals surface area contributed by atoms with Gasteiger partial charge in [0.25, 0.3) is 5.91 Å². The Hall–Kier alpha value is -3.12. The molecule has 4 rings (SSSR count). The molecule has 0 spiro atoms. The van der Waals surface area contributed by atoms with Crippen molar-refractivity contribution in [2.75, 3.05) is 12.4 Å². The van der Waals surface area contributed by atoms with Gasteiger partial charge in [-0.3, -0.25) is 10.1 Å². The number of aromatic nitrogens is 2. The lowest BCUT2D eigenvalue weighted by molar-refractivity contribution is 0.101. The third kappa shape index (κ3) is 2.95. The molecule has 0 radical (unpaired) electrons. The highest BCUT2D eigenvalue weighted by Crippen LogP contribution is 2.27. The molecule has 0 aliphatic rings. The summed E-state index contributed by atoms with van der Waals surface area (Å²) >= 11 is 1.41. The monoisotopic (exact) mass is 363 g/mol. The van der Waals surface area contributed by atoms with Gasteiger partial charge in [0.15, 0.2) is 5.13 Å². The zero-order valence-electron chi connectivity index (χ0n) is 14.4. The number of carbonyl (C=O) groups is 1. The molecule has 2 aromatic carbocycles. The number of amides is 1. The van der Waals surface area contributed by atoms with Crippen molar-refractivity contribution in [1.82, 2.24) is 9.55 Å². The van der Waals surface area contributed by atoms with Crippen molar-refractivity contribution >= 4 is 33.3 Å². The predicted molar refractivity (Wildman–Crippen MR) is 105 cm³/mol. The van der Waals surface area contributed by atoms with Crippen LogP contribution >= 0.6 is 11.3 Å². The summed E-state index contributed by atoms with van der Waals surface area (Å²) in [5, 5.41) is 6.44. The molecule has 0 atom stereocenters. The van der Waals surface area contributed by atoms with Crippen molar-refractivity contribution < 1.29 is 9.53 Å². The molecule has 6 heteroatoms. The molecule has 1 amide bonds. The number of methoxy groups -OCH3 is 1. The van der Waals surface area contributed by atoms with Gasteiger partial charge in [0, 0.05) is 28.9 Å².